The first kappa shape index (κ1) is 19.9. The Balaban J connectivity index is 1.39. The van der Waals surface area contributed by atoms with Gasteiger partial charge in [0.2, 0.25) is 11.8 Å². The lowest BCUT2D eigenvalue weighted by molar-refractivity contribution is -0.133. The van der Waals surface area contributed by atoms with Crippen LogP contribution in [0.1, 0.15) is 62.5 Å². The van der Waals surface area contributed by atoms with Gasteiger partial charge in [0, 0.05) is 33.0 Å². The number of amides is 2. The Kier molecular flexibility index (Phi) is 7.31. The van der Waals surface area contributed by atoms with E-state index in [-0.39, 0.29) is 5.91 Å². The third kappa shape index (κ3) is 6.08. The number of hydrogen-bond donors (Lipinski definition) is 1. The largest absolute Gasteiger partial charge is 0.359 e. The quantitative estimate of drug-likeness (QED) is 0.795. The van der Waals surface area contributed by atoms with Gasteiger partial charge in [-0.1, -0.05) is 37.1 Å². The molecule has 1 aromatic carbocycles. The number of likely N-dealkylation sites (tertiary alicyclic amines) is 1. The van der Waals surface area contributed by atoms with Gasteiger partial charge < -0.3 is 10.2 Å². The fourth-order valence-electron chi connectivity index (χ4n) is 4.54. The van der Waals surface area contributed by atoms with Gasteiger partial charge in [-0.15, -0.1) is 0 Å². The monoisotopic (exact) mass is 370 g/mol. The molecule has 148 valence electrons. The number of aryl methyl sites for hydroxylation is 1. The molecule has 0 atom stereocenters. The molecular weight excluding hydrogens is 336 g/mol. The number of carbonyl (C=O) groups is 2. The summed E-state index contributed by atoms with van der Waals surface area (Å²) in [6.45, 7) is 1.86. The van der Waals surface area contributed by atoms with E-state index in [1.807, 2.05) is 0 Å². The van der Waals surface area contributed by atoms with Crippen molar-refractivity contribution in [2.24, 2.45) is 11.8 Å². The molecule has 0 radical (unpaired) electrons. The van der Waals surface area contributed by atoms with Gasteiger partial charge in [0.05, 0.1) is 0 Å². The number of piperidine rings is 1. The van der Waals surface area contributed by atoms with E-state index < -0.39 is 0 Å². The molecule has 27 heavy (non-hydrogen) atoms. The minimum Gasteiger partial charge on any atom is -0.359 e. The van der Waals surface area contributed by atoms with Gasteiger partial charge >= 0.3 is 0 Å². The summed E-state index contributed by atoms with van der Waals surface area (Å²) >= 11 is 0. The molecule has 4 nitrogen and oxygen atoms in total. The molecule has 1 aliphatic heterocycles. The van der Waals surface area contributed by atoms with Crippen molar-refractivity contribution in [3.63, 3.8) is 0 Å². The van der Waals surface area contributed by atoms with Crippen molar-refractivity contribution in [1.29, 1.82) is 0 Å². The molecule has 1 aliphatic carbocycles. The molecule has 1 saturated heterocycles. The van der Waals surface area contributed by atoms with E-state index in [1.165, 1.54) is 36.8 Å². The smallest absolute Gasteiger partial charge is 0.222 e. The van der Waals surface area contributed by atoms with Crippen molar-refractivity contribution in [3.05, 3.63) is 35.4 Å². The Morgan fingerprint density at radius 2 is 1.59 bits per heavy atom. The van der Waals surface area contributed by atoms with Gasteiger partial charge in [-0.25, -0.2) is 0 Å². The van der Waals surface area contributed by atoms with Gasteiger partial charge in [0.25, 0.3) is 0 Å². The van der Waals surface area contributed by atoms with Crippen LogP contribution in [0.25, 0.3) is 0 Å². The second-order valence-corrected chi connectivity index (χ2v) is 8.37. The van der Waals surface area contributed by atoms with Crippen molar-refractivity contribution in [1.82, 2.24) is 10.2 Å². The zero-order valence-electron chi connectivity index (χ0n) is 16.7. The summed E-state index contributed by atoms with van der Waals surface area (Å²) in [4.78, 5) is 25.9. The molecule has 2 aliphatic rings. The minimum absolute atomic E-state index is 0.0910. The van der Waals surface area contributed by atoms with E-state index >= 15 is 0 Å². The zero-order chi connectivity index (χ0) is 19.1. The topological polar surface area (TPSA) is 49.4 Å². The summed E-state index contributed by atoms with van der Waals surface area (Å²) in [6, 6.07) is 8.71. The van der Waals surface area contributed by atoms with E-state index in [4.69, 9.17) is 0 Å². The van der Waals surface area contributed by atoms with Crippen molar-refractivity contribution >= 4 is 11.8 Å². The van der Waals surface area contributed by atoms with Crippen molar-refractivity contribution in [3.8, 4) is 0 Å². The Hall–Kier alpha value is -1.84. The molecule has 1 aromatic rings. The summed E-state index contributed by atoms with van der Waals surface area (Å²) in [5.74, 6) is 1.81. The highest BCUT2D eigenvalue weighted by atomic mass is 16.2. The van der Waals surface area contributed by atoms with Gasteiger partial charge in [0.1, 0.15) is 0 Å². The fourth-order valence-corrected chi connectivity index (χ4v) is 4.54. The molecule has 0 unspecified atom stereocenters. The summed E-state index contributed by atoms with van der Waals surface area (Å²) in [6.07, 6.45) is 10.6. The number of nitrogens with one attached hydrogen (secondary N) is 1. The van der Waals surface area contributed by atoms with Gasteiger partial charge in [-0.3, -0.25) is 9.59 Å². The van der Waals surface area contributed by atoms with Crippen LogP contribution >= 0.6 is 0 Å². The van der Waals surface area contributed by atoms with Crippen LogP contribution in [-0.4, -0.2) is 36.9 Å². The lowest BCUT2D eigenvalue weighted by Crippen LogP contribution is -2.39. The number of carbonyl (C=O) groups excluding carboxylic acids is 2. The Morgan fingerprint density at radius 3 is 2.22 bits per heavy atom. The number of hydrogen-bond acceptors (Lipinski definition) is 2. The van der Waals surface area contributed by atoms with E-state index in [0.717, 1.165) is 45.2 Å². The van der Waals surface area contributed by atoms with Crippen molar-refractivity contribution < 1.29 is 9.59 Å². The highest BCUT2D eigenvalue weighted by Crippen LogP contribution is 2.29. The standard InChI is InChI=1S/C23H34N2O2/c1-24-22(26)11-10-18-6-8-20(9-7-18)16-21-12-14-25(15-13-21)23(27)17-19-4-2-3-5-19/h6-9,19,21H,2-5,10-17H2,1H3,(H,24,26). The van der Waals surface area contributed by atoms with Crippen molar-refractivity contribution in [2.75, 3.05) is 20.1 Å². The average molecular weight is 371 g/mol. The van der Waals surface area contributed by atoms with Gasteiger partial charge in [-0.2, -0.15) is 0 Å². The normalized spacial score (nSPS) is 18.6. The minimum atomic E-state index is 0.0910. The predicted octanol–water partition coefficient (Wildman–Crippen LogP) is 3.73. The van der Waals surface area contributed by atoms with Gasteiger partial charge in [0.15, 0.2) is 0 Å². The van der Waals surface area contributed by atoms with E-state index in [0.29, 0.717) is 24.2 Å². The zero-order valence-corrected chi connectivity index (χ0v) is 16.7. The SMILES string of the molecule is CNC(=O)CCc1ccc(CC2CCN(C(=O)CC3CCCC3)CC2)cc1. The molecule has 0 spiro atoms. The first-order valence-corrected chi connectivity index (χ1v) is 10.7. The third-order valence-electron chi connectivity index (χ3n) is 6.37. The van der Waals surface area contributed by atoms with Gasteiger partial charge in [-0.05, 0) is 61.5 Å². The van der Waals surface area contributed by atoms with Crippen LogP contribution in [0.2, 0.25) is 0 Å². The highest BCUT2D eigenvalue weighted by Gasteiger charge is 2.26. The molecule has 1 heterocycles. The second-order valence-electron chi connectivity index (χ2n) is 8.37. The molecule has 2 fully saturated rings. The number of nitrogens with zero attached hydrogens (tertiary/aromatic N) is 1. The van der Waals surface area contributed by atoms with Crippen LogP contribution in [-0.2, 0) is 22.4 Å². The van der Waals surface area contributed by atoms with Crippen LogP contribution in [0.5, 0.6) is 0 Å². The maximum absolute atomic E-state index is 12.5. The number of benzene rings is 1. The summed E-state index contributed by atoms with van der Waals surface area (Å²) in [7, 11) is 1.68. The molecule has 4 heteroatoms. The van der Waals surface area contributed by atoms with E-state index in [1.54, 1.807) is 7.05 Å². The molecule has 0 aromatic heterocycles. The van der Waals surface area contributed by atoms with Crippen molar-refractivity contribution in [2.45, 2.75) is 64.2 Å². The Morgan fingerprint density at radius 1 is 0.963 bits per heavy atom. The van der Waals surface area contributed by atoms with Crippen LogP contribution in [0.15, 0.2) is 24.3 Å². The molecular formula is C23H34N2O2. The van der Waals surface area contributed by atoms with Crippen LogP contribution in [0.3, 0.4) is 0 Å². The Labute approximate surface area is 163 Å². The number of rotatable bonds is 7. The fraction of sp³-hybridized carbons (Fsp3) is 0.652. The van der Waals surface area contributed by atoms with E-state index in [2.05, 4.69) is 34.5 Å². The first-order valence-electron chi connectivity index (χ1n) is 10.7. The highest BCUT2D eigenvalue weighted by molar-refractivity contribution is 5.76. The van der Waals surface area contributed by atoms with Crippen LogP contribution in [0.4, 0.5) is 0 Å². The Bertz CT molecular complexity index is 612. The third-order valence-corrected chi connectivity index (χ3v) is 6.37. The molecule has 1 saturated carbocycles. The van der Waals surface area contributed by atoms with E-state index in [9.17, 15) is 9.59 Å². The predicted molar refractivity (Wildman–Crippen MR) is 108 cm³/mol. The van der Waals surface area contributed by atoms with Crippen LogP contribution in [0, 0.1) is 11.8 Å². The maximum atomic E-state index is 12.5. The summed E-state index contributed by atoms with van der Waals surface area (Å²) in [5, 5.41) is 2.67. The summed E-state index contributed by atoms with van der Waals surface area (Å²) in [5.41, 5.74) is 2.59. The summed E-state index contributed by atoms with van der Waals surface area (Å²) < 4.78 is 0. The average Bonchev–Trinajstić information content (AvgIpc) is 3.20. The molecule has 2 amide bonds. The molecule has 3 rings (SSSR count). The first-order chi connectivity index (χ1) is 13.1. The lowest BCUT2D eigenvalue weighted by Gasteiger charge is -2.32. The second kappa shape index (κ2) is 9.91. The maximum Gasteiger partial charge on any atom is 0.222 e. The molecule has 0 bridgehead atoms. The van der Waals surface area contributed by atoms with Crippen LogP contribution < -0.4 is 5.32 Å². The lowest BCUT2D eigenvalue weighted by atomic mass is 9.89. The molecule has 1 N–H and O–H groups in total.